The summed E-state index contributed by atoms with van der Waals surface area (Å²) < 4.78 is 0. The predicted octanol–water partition coefficient (Wildman–Crippen LogP) is 5.29. The first-order chi connectivity index (χ1) is 7.86. The van der Waals surface area contributed by atoms with Crippen LogP contribution in [-0.2, 0) is 37.5 Å². The Kier molecular flexibility index (Phi) is 29.1. The topological polar surface area (TPSA) is 37.3 Å². The van der Waals surface area contributed by atoms with Crippen LogP contribution in [0.4, 0.5) is 0 Å². The number of hydrogen-bond acceptors (Lipinski definition) is 1. The Morgan fingerprint density at radius 2 is 1.10 bits per heavy atom. The van der Waals surface area contributed by atoms with Gasteiger partial charge < -0.3 is 17.3 Å². The van der Waals surface area contributed by atoms with E-state index in [1.807, 2.05) is 0 Å². The van der Waals surface area contributed by atoms with Crippen LogP contribution in [0.2, 0.25) is 0 Å². The second-order valence-electron chi connectivity index (χ2n) is 5.34. The van der Waals surface area contributed by atoms with Crippen LogP contribution in [0.3, 0.4) is 0 Å². The fourth-order valence-corrected chi connectivity index (χ4v) is 3.32. The second kappa shape index (κ2) is 20.0. The minimum Gasteiger partial charge on any atom is -0.665 e. The van der Waals surface area contributed by atoms with Gasteiger partial charge in [0, 0.05) is 32.7 Å². The van der Waals surface area contributed by atoms with Crippen molar-refractivity contribution < 1.29 is 42.6 Å². The summed E-state index contributed by atoms with van der Waals surface area (Å²) in [4.78, 5) is 8.24. The smallest absolute Gasteiger partial charge is 0 e. The van der Waals surface area contributed by atoms with Crippen LogP contribution in [0.15, 0.2) is 0 Å². The average Bonchev–Trinajstić information content (AvgIpc) is 2.33. The van der Waals surface area contributed by atoms with Gasteiger partial charge in [0.15, 0.2) is 0 Å². The normalized spacial score (nSPS) is 18.6. The molecule has 2 rings (SSSR count). The fraction of sp³-hybridized carbons (Fsp3) is 0.875. The summed E-state index contributed by atoms with van der Waals surface area (Å²) in [6, 6.07) is 0. The van der Waals surface area contributed by atoms with Crippen LogP contribution in [0.25, 0.3) is 0 Å². The van der Waals surface area contributed by atoms with Crippen molar-refractivity contribution in [3.63, 3.8) is 0 Å². The molecule has 2 aliphatic rings. The van der Waals surface area contributed by atoms with Gasteiger partial charge in [-0.05, 0) is 18.3 Å². The number of rotatable bonds is 2. The molecule has 0 aromatic rings. The summed E-state index contributed by atoms with van der Waals surface area (Å²) in [7, 11) is 0. The maximum Gasteiger partial charge on any atom is 0 e. The molecule has 2 saturated carbocycles. The van der Waals surface area contributed by atoms with Gasteiger partial charge in [0.05, 0.1) is 0 Å². The van der Waals surface area contributed by atoms with E-state index >= 15 is 0 Å². The van der Waals surface area contributed by atoms with Crippen LogP contribution in [0.1, 0.15) is 78.1 Å². The molecular formula is C16H35O2PY-2. The van der Waals surface area contributed by atoms with Crippen molar-refractivity contribution in [2.24, 2.45) is 11.8 Å². The molecule has 2 nitrogen and oxygen atoms in total. The van der Waals surface area contributed by atoms with E-state index in [9.17, 15) is 0 Å². The molecule has 121 valence electrons. The van der Waals surface area contributed by atoms with Crippen molar-refractivity contribution in [2.75, 3.05) is 0 Å². The average molecular weight is 379 g/mol. The molecule has 1 N–H and O–H groups in total. The third kappa shape index (κ3) is 14.0. The quantitative estimate of drug-likeness (QED) is 0.523. The van der Waals surface area contributed by atoms with Gasteiger partial charge in [-0.25, -0.2) is 0 Å². The van der Waals surface area contributed by atoms with Crippen molar-refractivity contribution in [2.45, 2.75) is 78.1 Å². The summed E-state index contributed by atoms with van der Waals surface area (Å²) in [5.74, 6) is 2.24. The predicted molar refractivity (Wildman–Crippen MR) is 90.3 cm³/mol. The van der Waals surface area contributed by atoms with Crippen molar-refractivity contribution in [1.82, 2.24) is 0 Å². The molecule has 0 aromatic heterocycles. The van der Waals surface area contributed by atoms with Crippen molar-refractivity contribution in [3.05, 3.63) is 7.43 Å². The largest absolute Gasteiger partial charge is 0.665 e. The van der Waals surface area contributed by atoms with Gasteiger partial charge in [0.1, 0.15) is 0 Å². The first-order valence-corrected chi connectivity index (χ1v) is 6.88. The zero-order valence-corrected chi connectivity index (χ0v) is 16.8. The molecule has 4 heteroatoms. The van der Waals surface area contributed by atoms with Gasteiger partial charge in [-0.2, -0.15) is 9.90 Å². The van der Waals surface area contributed by atoms with Crippen LogP contribution in [0, 0.1) is 19.3 Å². The van der Waals surface area contributed by atoms with Crippen LogP contribution in [-0.4, -0.2) is 11.6 Å². The Balaban J connectivity index is -0.000000169. The second-order valence-corrected chi connectivity index (χ2v) is 5.34. The van der Waals surface area contributed by atoms with Crippen LogP contribution < -0.4 is 0 Å². The zero-order chi connectivity index (χ0) is 11.6. The zero-order valence-electron chi connectivity index (χ0n) is 12.6. The SMILES string of the molecule is C.C1CCC(CC2CCCCC2)CC1.O=[C-]O.P.[CH3-].[Y]. The van der Waals surface area contributed by atoms with Gasteiger partial charge in [0.25, 0.3) is 0 Å². The Morgan fingerprint density at radius 1 is 0.850 bits per heavy atom. The van der Waals surface area contributed by atoms with E-state index in [1.54, 1.807) is 32.1 Å². The molecule has 2 aliphatic carbocycles. The van der Waals surface area contributed by atoms with Crippen molar-refractivity contribution in [3.8, 4) is 0 Å². The van der Waals surface area contributed by atoms with Crippen LogP contribution in [0.5, 0.6) is 0 Å². The third-order valence-electron chi connectivity index (χ3n) is 4.12. The van der Waals surface area contributed by atoms with Gasteiger partial charge in [-0.15, -0.1) is 0 Å². The Hall–Kier alpha value is 1.00. The van der Waals surface area contributed by atoms with Gasteiger partial charge in [0.2, 0.25) is 0 Å². The molecule has 1 unspecified atom stereocenters. The third-order valence-corrected chi connectivity index (χ3v) is 4.12. The standard InChI is InChI=1S/C13H24.CHO2.CH4.CH3.H3P.Y/c1-3-7-12(8-4-1)11-13-9-5-2-6-10-13;2-1-3;;;;/h12-13H,1-11H2;(H,2,3);1H4;2*1H3;/q;-1;;-1;;. The summed E-state index contributed by atoms with van der Waals surface area (Å²) >= 11 is 0. The fourth-order valence-electron chi connectivity index (χ4n) is 3.32. The molecular weight excluding hydrogens is 344 g/mol. The minimum absolute atomic E-state index is 0. The maximum atomic E-state index is 8.24. The van der Waals surface area contributed by atoms with E-state index in [0.29, 0.717) is 6.47 Å². The molecule has 0 bridgehead atoms. The van der Waals surface area contributed by atoms with Crippen LogP contribution >= 0.6 is 9.90 Å². The summed E-state index contributed by atoms with van der Waals surface area (Å²) in [5.41, 5.74) is 0. The molecule has 1 radical (unpaired) electrons. The van der Waals surface area contributed by atoms with E-state index in [1.165, 1.54) is 38.5 Å². The summed E-state index contributed by atoms with van der Waals surface area (Å²) in [6.07, 6.45) is 16.9. The monoisotopic (exact) mass is 379 g/mol. The van der Waals surface area contributed by atoms with Crippen molar-refractivity contribution in [1.29, 1.82) is 0 Å². The first kappa shape index (κ1) is 29.1. The van der Waals surface area contributed by atoms with Gasteiger partial charge in [-0.3, -0.25) is 0 Å². The summed E-state index contributed by atoms with van der Waals surface area (Å²) in [5, 5.41) is 6.76. The van der Waals surface area contributed by atoms with E-state index in [4.69, 9.17) is 9.90 Å². The Bertz CT molecular complexity index is 163. The van der Waals surface area contributed by atoms with E-state index in [0.717, 1.165) is 11.8 Å². The molecule has 1 atom stereocenters. The molecule has 0 saturated heterocycles. The van der Waals surface area contributed by atoms with Crippen molar-refractivity contribution >= 4 is 16.4 Å². The molecule has 20 heavy (non-hydrogen) atoms. The van der Waals surface area contributed by atoms with Gasteiger partial charge >= 0.3 is 0 Å². The van der Waals surface area contributed by atoms with E-state index in [2.05, 4.69) is 0 Å². The van der Waals surface area contributed by atoms with E-state index in [-0.39, 0.29) is 57.5 Å². The number of aliphatic hydroxyl groups excluding tert-OH is 1. The van der Waals surface area contributed by atoms with E-state index < -0.39 is 0 Å². The Morgan fingerprint density at radius 3 is 1.35 bits per heavy atom. The molecule has 0 heterocycles. The van der Waals surface area contributed by atoms with Gasteiger partial charge in [-0.1, -0.05) is 78.1 Å². The summed E-state index contributed by atoms with van der Waals surface area (Å²) in [6.45, 7) is 0.500. The molecule has 0 amide bonds. The molecule has 0 aromatic carbocycles. The molecule has 0 aliphatic heterocycles. The maximum absolute atomic E-state index is 8.24. The molecule has 2 fully saturated rings. The first-order valence-electron chi connectivity index (χ1n) is 6.88. The number of hydrogen-bond donors (Lipinski definition) is 1. The molecule has 0 spiro atoms. The Labute approximate surface area is 155 Å². The minimum atomic E-state index is 0.